The lowest BCUT2D eigenvalue weighted by Gasteiger charge is -2.32. The first-order valence-corrected chi connectivity index (χ1v) is 11.0. The average Bonchev–Trinajstić information content (AvgIpc) is 2.85. The van der Waals surface area contributed by atoms with Gasteiger partial charge in [0.25, 0.3) is 11.5 Å². The third kappa shape index (κ3) is 5.42. The highest BCUT2D eigenvalue weighted by atomic mass is 16.3. The van der Waals surface area contributed by atoms with Gasteiger partial charge in [0.15, 0.2) is 0 Å². The number of benzene rings is 2. The number of carbonyl (C=O) groups excluding carboxylic acids is 1. The minimum Gasteiger partial charge on any atom is -0.502 e. The molecule has 1 aromatic heterocycles. The molecule has 4 rings (SSSR count). The van der Waals surface area contributed by atoms with Crippen LogP contribution in [-0.4, -0.2) is 64.0 Å². The van der Waals surface area contributed by atoms with Gasteiger partial charge in [0.1, 0.15) is 5.69 Å². The molecule has 1 saturated heterocycles. The Morgan fingerprint density at radius 1 is 1.03 bits per heavy atom. The number of piperazine rings is 1. The minimum absolute atomic E-state index is 0.0633. The summed E-state index contributed by atoms with van der Waals surface area (Å²) in [6, 6.07) is 15.1. The molecule has 3 aromatic rings. The topological polar surface area (TPSA) is 89.5 Å². The van der Waals surface area contributed by atoms with Crippen molar-refractivity contribution in [2.24, 2.45) is 0 Å². The minimum atomic E-state index is -0.589. The van der Waals surface area contributed by atoms with E-state index in [-0.39, 0.29) is 11.6 Å². The molecule has 0 bridgehead atoms. The van der Waals surface area contributed by atoms with Crippen molar-refractivity contribution in [3.8, 4) is 17.6 Å². The molecule has 1 aliphatic rings. The van der Waals surface area contributed by atoms with Crippen LogP contribution in [0.3, 0.4) is 0 Å². The second kappa shape index (κ2) is 10.2. The lowest BCUT2D eigenvalue weighted by Crippen LogP contribution is -2.47. The van der Waals surface area contributed by atoms with Crippen molar-refractivity contribution in [2.45, 2.75) is 6.42 Å². The van der Waals surface area contributed by atoms with E-state index in [1.807, 2.05) is 53.4 Å². The number of aromatic amines is 1. The number of hydrogen-bond donors (Lipinski definition) is 2. The number of allylic oxidation sites excluding steroid dienone is 1. The molecule has 0 atom stereocenters. The van der Waals surface area contributed by atoms with Gasteiger partial charge in [0, 0.05) is 42.9 Å². The molecule has 1 amide bonds. The SMILES string of the molecule is C=C(Cc1ccc(C#Cc2ccc(C(=O)N3CCN(C)CC3)cc2)cc1)c1nc[nH]c(=O)c1O. The third-order valence-electron chi connectivity index (χ3n) is 5.81. The standard InChI is InChI=1S/C27H26N4O3/c1-19(24-25(32)26(33)29-18-28-24)17-22-7-5-20(6-8-22)3-4-21-9-11-23(12-10-21)27(34)31-15-13-30(2)14-16-31/h5-12,18,32H,1,13-17H2,2H3,(H,28,29,33). The molecule has 7 nitrogen and oxygen atoms in total. The van der Waals surface area contributed by atoms with Crippen LogP contribution >= 0.6 is 0 Å². The first-order chi connectivity index (χ1) is 16.4. The summed E-state index contributed by atoms with van der Waals surface area (Å²) in [7, 11) is 2.07. The van der Waals surface area contributed by atoms with Crippen molar-refractivity contribution in [3.05, 3.63) is 99.7 Å². The molecule has 0 aliphatic carbocycles. The van der Waals surface area contributed by atoms with E-state index < -0.39 is 11.3 Å². The van der Waals surface area contributed by atoms with Gasteiger partial charge in [-0.15, -0.1) is 0 Å². The molecule has 7 heteroatoms. The fourth-order valence-corrected chi connectivity index (χ4v) is 3.72. The number of aromatic nitrogens is 2. The number of hydrogen-bond acceptors (Lipinski definition) is 5. The highest BCUT2D eigenvalue weighted by molar-refractivity contribution is 5.94. The van der Waals surface area contributed by atoms with Gasteiger partial charge in [0.05, 0.1) is 6.33 Å². The van der Waals surface area contributed by atoms with Crippen LogP contribution in [0.1, 0.15) is 32.7 Å². The molecule has 34 heavy (non-hydrogen) atoms. The van der Waals surface area contributed by atoms with Crippen molar-refractivity contribution in [3.63, 3.8) is 0 Å². The molecule has 0 spiro atoms. The summed E-state index contributed by atoms with van der Waals surface area (Å²) in [6.07, 6.45) is 1.69. The maximum absolute atomic E-state index is 12.7. The first-order valence-electron chi connectivity index (χ1n) is 11.0. The number of H-pyrrole nitrogens is 1. The van der Waals surface area contributed by atoms with Gasteiger partial charge in [-0.1, -0.05) is 30.6 Å². The van der Waals surface area contributed by atoms with Gasteiger partial charge in [-0.05, 0) is 61.0 Å². The van der Waals surface area contributed by atoms with Crippen LogP contribution in [0.15, 0.2) is 66.2 Å². The highest BCUT2D eigenvalue weighted by Crippen LogP contribution is 2.21. The van der Waals surface area contributed by atoms with E-state index in [0.29, 0.717) is 17.6 Å². The van der Waals surface area contributed by atoms with Crippen LogP contribution in [0, 0.1) is 11.8 Å². The number of rotatable bonds is 4. The smallest absolute Gasteiger partial charge is 0.293 e. The second-order valence-corrected chi connectivity index (χ2v) is 8.33. The molecule has 2 N–H and O–H groups in total. The predicted octanol–water partition coefficient (Wildman–Crippen LogP) is 2.52. The zero-order valence-corrected chi connectivity index (χ0v) is 19.0. The Morgan fingerprint density at radius 3 is 2.24 bits per heavy atom. The van der Waals surface area contributed by atoms with Gasteiger partial charge in [-0.3, -0.25) is 9.59 Å². The lowest BCUT2D eigenvalue weighted by molar-refractivity contribution is 0.0664. The molecule has 1 aliphatic heterocycles. The molecule has 2 aromatic carbocycles. The van der Waals surface area contributed by atoms with Crippen LogP contribution in [0.2, 0.25) is 0 Å². The fourth-order valence-electron chi connectivity index (χ4n) is 3.72. The average molecular weight is 455 g/mol. The van der Waals surface area contributed by atoms with E-state index in [2.05, 4.69) is 40.3 Å². The van der Waals surface area contributed by atoms with E-state index >= 15 is 0 Å². The van der Waals surface area contributed by atoms with Gasteiger partial charge >= 0.3 is 0 Å². The van der Waals surface area contributed by atoms with E-state index in [9.17, 15) is 14.7 Å². The Bertz CT molecular complexity index is 1310. The normalized spacial score (nSPS) is 13.7. The maximum atomic E-state index is 12.7. The fraction of sp³-hybridized carbons (Fsp3) is 0.222. The van der Waals surface area contributed by atoms with Gasteiger partial charge in [-0.2, -0.15) is 0 Å². The Balaban J connectivity index is 1.38. The van der Waals surface area contributed by atoms with Crippen molar-refractivity contribution >= 4 is 11.5 Å². The van der Waals surface area contributed by atoms with Gasteiger partial charge < -0.3 is 19.9 Å². The van der Waals surface area contributed by atoms with E-state index in [4.69, 9.17) is 0 Å². The van der Waals surface area contributed by atoms with Crippen LogP contribution in [0.4, 0.5) is 0 Å². The van der Waals surface area contributed by atoms with Crippen LogP contribution in [-0.2, 0) is 6.42 Å². The summed E-state index contributed by atoms with van der Waals surface area (Å²) in [4.78, 5) is 34.7. The number of aromatic hydroxyl groups is 1. The molecule has 172 valence electrons. The van der Waals surface area contributed by atoms with E-state index in [1.165, 1.54) is 6.33 Å². The molecular weight excluding hydrogens is 428 g/mol. The number of carbonyl (C=O) groups is 1. The van der Waals surface area contributed by atoms with Crippen LogP contribution in [0.5, 0.6) is 5.75 Å². The Hall–Kier alpha value is -4.15. The van der Waals surface area contributed by atoms with Crippen molar-refractivity contribution in [1.82, 2.24) is 19.8 Å². The summed E-state index contributed by atoms with van der Waals surface area (Å²) >= 11 is 0. The Morgan fingerprint density at radius 2 is 1.62 bits per heavy atom. The van der Waals surface area contributed by atoms with Gasteiger partial charge in [0.2, 0.25) is 5.75 Å². The second-order valence-electron chi connectivity index (χ2n) is 8.33. The van der Waals surface area contributed by atoms with Crippen LogP contribution < -0.4 is 5.56 Å². The molecule has 0 saturated carbocycles. The molecule has 0 unspecified atom stereocenters. The largest absolute Gasteiger partial charge is 0.502 e. The predicted molar refractivity (Wildman–Crippen MR) is 132 cm³/mol. The number of amides is 1. The molecule has 0 radical (unpaired) electrons. The summed E-state index contributed by atoms with van der Waals surface area (Å²) in [5.74, 6) is 5.91. The third-order valence-corrected chi connectivity index (χ3v) is 5.81. The maximum Gasteiger partial charge on any atom is 0.293 e. The zero-order valence-electron chi connectivity index (χ0n) is 19.0. The zero-order chi connectivity index (χ0) is 24.1. The van der Waals surface area contributed by atoms with E-state index in [1.54, 1.807) is 0 Å². The van der Waals surface area contributed by atoms with Crippen LogP contribution in [0.25, 0.3) is 5.57 Å². The summed E-state index contributed by atoms with van der Waals surface area (Å²) in [5.41, 5.74) is 3.49. The first kappa shape index (κ1) is 23.0. The van der Waals surface area contributed by atoms with Gasteiger partial charge in [-0.25, -0.2) is 4.98 Å². The summed E-state index contributed by atoms with van der Waals surface area (Å²) in [6.45, 7) is 7.24. The summed E-state index contributed by atoms with van der Waals surface area (Å²) < 4.78 is 0. The highest BCUT2D eigenvalue weighted by Gasteiger charge is 2.20. The number of nitrogens with one attached hydrogen (secondary N) is 1. The molecule has 2 heterocycles. The Kier molecular flexibility index (Phi) is 6.90. The van der Waals surface area contributed by atoms with Crippen molar-refractivity contribution < 1.29 is 9.90 Å². The molecular formula is C27H26N4O3. The van der Waals surface area contributed by atoms with Crippen molar-refractivity contribution in [1.29, 1.82) is 0 Å². The quantitative estimate of drug-likeness (QED) is 0.592. The number of nitrogens with zero attached hydrogens (tertiary/aromatic N) is 3. The summed E-state index contributed by atoms with van der Waals surface area (Å²) in [5, 5.41) is 9.88. The lowest BCUT2D eigenvalue weighted by atomic mass is 10.0. The Labute approximate surface area is 198 Å². The van der Waals surface area contributed by atoms with E-state index in [0.717, 1.165) is 42.9 Å². The van der Waals surface area contributed by atoms with Crippen molar-refractivity contribution in [2.75, 3.05) is 33.2 Å². The molecule has 1 fully saturated rings. The number of likely N-dealkylation sites (N-methyl/N-ethyl adjacent to an activating group) is 1. The monoisotopic (exact) mass is 454 g/mol.